The molecule has 0 spiro atoms. The van der Waals surface area contributed by atoms with Crippen molar-refractivity contribution >= 4 is 46.2 Å². The van der Waals surface area contributed by atoms with Gasteiger partial charge in [-0.1, -0.05) is 35.9 Å². The minimum Gasteiger partial charge on any atom is -0.374 e. The summed E-state index contributed by atoms with van der Waals surface area (Å²) in [4.78, 5) is 35.4. The number of thiophene rings is 1. The van der Waals surface area contributed by atoms with Gasteiger partial charge in [-0.15, -0.1) is 21.5 Å². The number of piperidine rings is 1. The summed E-state index contributed by atoms with van der Waals surface area (Å²) < 4.78 is 2.22. The molecule has 12 heteroatoms. The van der Waals surface area contributed by atoms with Crippen LogP contribution in [0.2, 0.25) is 5.02 Å². The first-order valence-corrected chi connectivity index (χ1v) is 17.4. The van der Waals surface area contributed by atoms with E-state index in [9.17, 15) is 9.59 Å². The molecule has 2 aromatic carbocycles. The van der Waals surface area contributed by atoms with Crippen LogP contribution in [0.5, 0.6) is 0 Å². The highest BCUT2D eigenvalue weighted by atomic mass is 35.5. The first kappa shape index (κ1) is 31.7. The summed E-state index contributed by atoms with van der Waals surface area (Å²) in [7, 11) is 0. The number of imide groups is 1. The number of amides is 2. The minimum atomic E-state index is -0.385. The van der Waals surface area contributed by atoms with Crippen LogP contribution in [0.1, 0.15) is 64.1 Å². The molecule has 4 aromatic rings. The highest BCUT2D eigenvalue weighted by molar-refractivity contribution is 7.15. The van der Waals surface area contributed by atoms with Gasteiger partial charge in [0.15, 0.2) is 5.82 Å². The average molecular weight is 671 g/mol. The molecule has 0 saturated carbocycles. The zero-order valence-electron chi connectivity index (χ0n) is 26.9. The van der Waals surface area contributed by atoms with Crippen molar-refractivity contribution < 1.29 is 9.59 Å². The summed E-state index contributed by atoms with van der Waals surface area (Å²) in [6.45, 7) is 12.0. The van der Waals surface area contributed by atoms with Gasteiger partial charge in [-0.3, -0.25) is 29.4 Å². The van der Waals surface area contributed by atoms with E-state index in [0.29, 0.717) is 17.9 Å². The number of piperazine rings is 1. The van der Waals surface area contributed by atoms with Crippen LogP contribution in [0.3, 0.4) is 0 Å². The summed E-state index contributed by atoms with van der Waals surface area (Å²) in [6.07, 6.45) is 1.71. The largest absolute Gasteiger partial charge is 0.374 e. The second-order valence-electron chi connectivity index (χ2n) is 12.7. The maximum absolute atomic E-state index is 12.2. The first-order chi connectivity index (χ1) is 22.7. The van der Waals surface area contributed by atoms with Gasteiger partial charge in [0, 0.05) is 72.4 Å². The van der Waals surface area contributed by atoms with Gasteiger partial charge in [0.1, 0.15) is 22.9 Å². The number of carbonyl (C=O) groups is 2. The molecule has 0 bridgehead atoms. The van der Waals surface area contributed by atoms with Gasteiger partial charge in [-0.05, 0) is 69.0 Å². The Morgan fingerprint density at radius 2 is 1.77 bits per heavy atom. The molecule has 0 radical (unpaired) electrons. The fraction of sp³-hybridized carbons (Fsp3) is 0.400. The van der Waals surface area contributed by atoms with Crippen LogP contribution in [0.25, 0.3) is 5.00 Å². The van der Waals surface area contributed by atoms with E-state index in [1.807, 2.05) is 31.2 Å². The van der Waals surface area contributed by atoms with Gasteiger partial charge < -0.3 is 10.2 Å². The molecule has 0 aliphatic carbocycles. The van der Waals surface area contributed by atoms with Gasteiger partial charge in [0.25, 0.3) is 0 Å². The van der Waals surface area contributed by atoms with Crippen LogP contribution < -0.4 is 10.6 Å². The van der Waals surface area contributed by atoms with Crippen molar-refractivity contribution in [1.29, 1.82) is 0 Å². The van der Waals surface area contributed by atoms with Crippen LogP contribution in [-0.4, -0.2) is 80.9 Å². The lowest BCUT2D eigenvalue weighted by Crippen LogP contribution is -2.47. The van der Waals surface area contributed by atoms with Crippen LogP contribution in [0.15, 0.2) is 53.5 Å². The predicted octanol–water partition coefficient (Wildman–Crippen LogP) is 5.22. The molecule has 5 heterocycles. The Kier molecular flexibility index (Phi) is 8.97. The minimum absolute atomic E-state index is 0.126. The molecule has 47 heavy (non-hydrogen) atoms. The zero-order chi connectivity index (χ0) is 32.7. The topological polar surface area (TPSA) is 108 Å². The molecular weight excluding hydrogens is 632 g/mol. The number of hydrogen-bond donors (Lipinski definition) is 2. The number of aromatic nitrogens is 3. The van der Waals surface area contributed by atoms with E-state index in [1.165, 1.54) is 16.0 Å². The van der Waals surface area contributed by atoms with Crippen molar-refractivity contribution in [3.8, 4) is 5.00 Å². The monoisotopic (exact) mass is 670 g/mol. The molecule has 2 atom stereocenters. The fourth-order valence-corrected chi connectivity index (χ4v) is 8.06. The third-order valence-corrected chi connectivity index (χ3v) is 10.9. The summed E-state index contributed by atoms with van der Waals surface area (Å²) >= 11 is 8.05. The number of hydrogen-bond acceptors (Lipinski definition) is 9. The highest BCUT2D eigenvalue weighted by Gasteiger charge is 2.32. The van der Waals surface area contributed by atoms with Gasteiger partial charge in [0.2, 0.25) is 11.8 Å². The molecular formula is C35H39ClN8O2S. The molecule has 2 N–H and O–H groups in total. The van der Waals surface area contributed by atoms with Gasteiger partial charge in [-0.25, -0.2) is 0 Å². The number of fused-ring (bicyclic) bond motifs is 3. The number of halogens is 1. The average Bonchev–Trinajstić information content (AvgIpc) is 3.53. The van der Waals surface area contributed by atoms with E-state index >= 15 is 0 Å². The van der Waals surface area contributed by atoms with E-state index < -0.39 is 0 Å². The third-order valence-electron chi connectivity index (χ3n) is 9.45. The molecule has 3 aliphatic heterocycles. The Bertz CT molecular complexity index is 1840. The van der Waals surface area contributed by atoms with Crippen molar-refractivity contribution in [3.05, 3.63) is 92.3 Å². The zero-order valence-corrected chi connectivity index (χ0v) is 28.5. The Balaban J connectivity index is 1.02. The molecule has 2 aromatic heterocycles. The number of rotatable bonds is 8. The van der Waals surface area contributed by atoms with Crippen molar-refractivity contribution in [1.82, 2.24) is 29.9 Å². The summed E-state index contributed by atoms with van der Waals surface area (Å²) in [5.74, 6) is 1.32. The van der Waals surface area contributed by atoms with E-state index in [0.717, 1.165) is 84.9 Å². The number of nitrogens with zero attached hydrogens (tertiary/aromatic N) is 6. The normalized spacial score (nSPS) is 20.3. The lowest BCUT2D eigenvalue weighted by atomic mass is 9.99. The van der Waals surface area contributed by atoms with Gasteiger partial charge in [-0.2, -0.15) is 0 Å². The standard InChI is InChI=1S/C35H39ClN8O2S/c1-21-22(2)47-35-31(21)32(25-7-9-26(36)10-8-25)38-28(33-41-40-23(3)44(33)35)13-14-42-15-17-43(18-16-42)20-24-5-4-6-27(19-24)37-29-11-12-30(45)39-34(29)46/h4-10,19,28-29,37H,11-18,20H2,1-3H3,(H,39,45,46)/t28-,29?/m0/s1. The third kappa shape index (κ3) is 6.62. The summed E-state index contributed by atoms with van der Waals surface area (Å²) in [5, 5.41) is 16.7. The van der Waals surface area contributed by atoms with Gasteiger partial charge in [0.05, 0.1) is 5.71 Å². The van der Waals surface area contributed by atoms with Crippen LogP contribution >= 0.6 is 22.9 Å². The summed E-state index contributed by atoms with van der Waals surface area (Å²) in [6, 6.07) is 15.7. The van der Waals surface area contributed by atoms with Crippen LogP contribution in [0.4, 0.5) is 5.69 Å². The lowest BCUT2D eigenvalue weighted by molar-refractivity contribution is -0.133. The molecule has 2 fully saturated rings. The quantitative estimate of drug-likeness (QED) is 0.248. The Morgan fingerprint density at radius 3 is 2.53 bits per heavy atom. The molecule has 1 unspecified atom stereocenters. The SMILES string of the molecule is Cc1sc2c(c1C)C(c1ccc(Cl)cc1)=N[C@@H](CCN1CCN(Cc3cccc(NC4CCC(=O)NC4=O)c3)CC1)c1nnc(C)n1-2. The molecule has 244 valence electrons. The summed E-state index contributed by atoms with van der Waals surface area (Å²) in [5.41, 5.74) is 6.56. The number of aryl methyl sites for hydroxylation is 2. The van der Waals surface area contributed by atoms with E-state index in [4.69, 9.17) is 16.6 Å². The van der Waals surface area contributed by atoms with E-state index in [2.05, 4.69) is 73.3 Å². The highest BCUT2D eigenvalue weighted by Crippen LogP contribution is 2.39. The second-order valence-corrected chi connectivity index (χ2v) is 14.3. The number of aliphatic imine (C=N–C) groups is 1. The maximum Gasteiger partial charge on any atom is 0.249 e. The smallest absolute Gasteiger partial charge is 0.249 e. The lowest BCUT2D eigenvalue weighted by Gasteiger charge is -2.35. The Morgan fingerprint density at radius 1 is 1.00 bits per heavy atom. The predicted molar refractivity (Wildman–Crippen MR) is 186 cm³/mol. The molecule has 10 nitrogen and oxygen atoms in total. The van der Waals surface area contributed by atoms with Crippen molar-refractivity contribution in [2.75, 3.05) is 38.0 Å². The molecule has 2 saturated heterocycles. The van der Waals surface area contributed by atoms with E-state index in [-0.39, 0.29) is 23.9 Å². The number of anilines is 1. The maximum atomic E-state index is 12.2. The van der Waals surface area contributed by atoms with Crippen molar-refractivity contribution in [3.63, 3.8) is 0 Å². The van der Waals surface area contributed by atoms with Crippen molar-refractivity contribution in [2.45, 2.75) is 58.7 Å². The Labute approximate surface area is 283 Å². The molecule has 7 rings (SSSR count). The number of benzene rings is 2. The molecule has 3 aliphatic rings. The van der Waals surface area contributed by atoms with Crippen LogP contribution in [-0.2, 0) is 16.1 Å². The fourth-order valence-electron chi connectivity index (χ4n) is 6.72. The Hall–Kier alpha value is -3.90. The first-order valence-electron chi connectivity index (χ1n) is 16.2. The van der Waals surface area contributed by atoms with Crippen LogP contribution in [0, 0.1) is 20.8 Å². The van der Waals surface area contributed by atoms with E-state index in [1.54, 1.807) is 11.3 Å². The van der Waals surface area contributed by atoms with Crippen molar-refractivity contribution in [2.24, 2.45) is 4.99 Å². The number of nitrogens with one attached hydrogen (secondary N) is 2. The molecule has 2 amide bonds. The van der Waals surface area contributed by atoms with Gasteiger partial charge >= 0.3 is 0 Å². The number of carbonyl (C=O) groups excluding carboxylic acids is 2. The second kappa shape index (κ2) is 13.3.